The van der Waals surface area contributed by atoms with E-state index in [9.17, 15) is 9.90 Å². The Labute approximate surface area is 184 Å². The quantitative estimate of drug-likeness (QED) is 0.497. The van der Waals surface area contributed by atoms with Crippen molar-refractivity contribution in [3.05, 3.63) is 66.7 Å². The molecule has 3 aromatic heterocycles. The van der Waals surface area contributed by atoms with Crippen LogP contribution < -0.4 is 5.32 Å². The fraction of sp³-hybridized carbons (Fsp3) is 0.227. The van der Waals surface area contributed by atoms with E-state index in [1.807, 2.05) is 37.5 Å². The summed E-state index contributed by atoms with van der Waals surface area (Å²) in [7, 11) is 3.53. The molecule has 1 aromatic carbocycles. The number of aryl methyl sites for hydroxylation is 1. The number of amides is 1. The van der Waals surface area contributed by atoms with Crippen molar-refractivity contribution in [2.75, 3.05) is 18.9 Å². The van der Waals surface area contributed by atoms with Gasteiger partial charge in [0.1, 0.15) is 0 Å². The first-order chi connectivity index (χ1) is 15.4. The minimum atomic E-state index is -1.49. The smallest absolute Gasteiger partial charge is 0.258 e. The number of anilines is 2. The predicted molar refractivity (Wildman–Crippen MR) is 117 cm³/mol. The van der Waals surface area contributed by atoms with Crippen molar-refractivity contribution in [2.45, 2.75) is 12.0 Å². The molecule has 0 radical (unpaired) electrons. The van der Waals surface area contributed by atoms with Crippen LogP contribution in [0.4, 0.5) is 11.6 Å². The van der Waals surface area contributed by atoms with E-state index in [1.165, 1.54) is 0 Å². The van der Waals surface area contributed by atoms with Crippen LogP contribution in [0.15, 0.2) is 61.2 Å². The van der Waals surface area contributed by atoms with Crippen molar-refractivity contribution in [1.29, 1.82) is 0 Å². The predicted octanol–water partition coefficient (Wildman–Crippen LogP) is 1.86. The standard InChI is InChI=1S/C22H22N8O2/c1-28-11-8-22(32,20(28)31)16-5-3-4-15(12-16)18-7-10-30(27-18)19-6-9-23-21(26-19)25-17-13-24-29(2)14-17/h3-7,9-10,12-14,32H,8,11H2,1-2H3,(H,23,25,26)/t22-/m1/s1. The van der Waals surface area contributed by atoms with Gasteiger partial charge in [-0.25, -0.2) is 9.67 Å². The van der Waals surface area contributed by atoms with E-state index in [0.717, 1.165) is 11.3 Å². The highest BCUT2D eigenvalue weighted by atomic mass is 16.3. The van der Waals surface area contributed by atoms with Crippen LogP contribution in [0.5, 0.6) is 0 Å². The third-order valence-corrected chi connectivity index (χ3v) is 5.57. The van der Waals surface area contributed by atoms with Crippen LogP contribution in [0.3, 0.4) is 0 Å². The molecule has 4 heterocycles. The molecule has 0 spiro atoms. The third-order valence-electron chi connectivity index (χ3n) is 5.57. The number of aromatic nitrogens is 6. The summed E-state index contributed by atoms with van der Waals surface area (Å²) in [6.07, 6.45) is 7.35. The number of hydrogen-bond donors (Lipinski definition) is 2. The minimum Gasteiger partial charge on any atom is -0.375 e. The van der Waals surface area contributed by atoms with Crippen molar-refractivity contribution in [3.63, 3.8) is 0 Å². The average molecular weight is 430 g/mol. The second-order valence-electron chi connectivity index (χ2n) is 7.83. The van der Waals surface area contributed by atoms with Crippen LogP contribution in [-0.2, 0) is 17.4 Å². The van der Waals surface area contributed by atoms with Crippen molar-refractivity contribution in [3.8, 4) is 17.1 Å². The first kappa shape index (κ1) is 19.9. The SMILES string of the molecule is CN1CC[C@@](O)(c2cccc(-c3ccn(-c4ccnc(Nc5cnn(C)c5)n4)n3)c2)C1=O. The molecule has 1 aliphatic heterocycles. The molecule has 0 bridgehead atoms. The normalized spacial score (nSPS) is 18.3. The van der Waals surface area contributed by atoms with Crippen LogP contribution in [0.25, 0.3) is 17.1 Å². The highest BCUT2D eigenvalue weighted by molar-refractivity contribution is 5.88. The number of carbonyl (C=O) groups excluding carboxylic acids is 1. The Morgan fingerprint density at radius 2 is 2.06 bits per heavy atom. The number of likely N-dealkylation sites (N-methyl/N-ethyl adjacent to an activating group) is 1. The molecule has 4 aromatic rings. The second-order valence-corrected chi connectivity index (χ2v) is 7.83. The molecule has 1 saturated heterocycles. The molecule has 32 heavy (non-hydrogen) atoms. The summed E-state index contributed by atoms with van der Waals surface area (Å²) in [6.45, 7) is 0.525. The van der Waals surface area contributed by atoms with Crippen LogP contribution in [-0.4, -0.2) is 59.0 Å². The summed E-state index contributed by atoms with van der Waals surface area (Å²) in [5.74, 6) is 0.746. The van der Waals surface area contributed by atoms with E-state index < -0.39 is 5.60 Å². The highest BCUT2D eigenvalue weighted by Crippen LogP contribution is 2.34. The number of hydrogen-bond acceptors (Lipinski definition) is 7. The molecular formula is C22H22N8O2. The van der Waals surface area contributed by atoms with Crippen molar-refractivity contribution in [1.82, 2.24) is 34.4 Å². The Morgan fingerprint density at radius 1 is 1.19 bits per heavy atom. The zero-order chi connectivity index (χ0) is 22.3. The molecule has 0 unspecified atom stereocenters. The Kier molecular flexibility index (Phi) is 4.71. The molecule has 0 saturated carbocycles. The molecular weight excluding hydrogens is 408 g/mol. The Balaban J connectivity index is 1.41. The second kappa shape index (κ2) is 7.57. The maximum atomic E-state index is 12.5. The third kappa shape index (κ3) is 3.50. The minimum absolute atomic E-state index is 0.283. The maximum Gasteiger partial charge on any atom is 0.258 e. The summed E-state index contributed by atoms with van der Waals surface area (Å²) in [5, 5.41) is 22.8. The molecule has 1 aliphatic rings. The van der Waals surface area contributed by atoms with Gasteiger partial charge in [0.2, 0.25) is 5.95 Å². The largest absolute Gasteiger partial charge is 0.375 e. The lowest BCUT2D eigenvalue weighted by Crippen LogP contribution is -2.36. The fourth-order valence-electron chi connectivity index (χ4n) is 3.81. The molecule has 10 heteroatoms. The van der Waals surface area contributed by atoms with Crippen molar-refractivity contribution in [2.24, 2.45) is 7.05 Å². The van der Waals surface area contributed by atoms with Crippen molar-refractivity contribution < 1.29 is 9.90 Å². The topological polar surface area (TPSA) is 114 Å². The van der Waals surface area contributed by atoms with Crippen LogP contribution in [0.1, 0.15) is 12.0 Å². The highest BCUT2D eigenvalue weighted by Gasteiger charge is 2.45. The monoisotopic (exact) mass is 430 g/mol. The molecule has 10 nitrogen and oxygen atoms in total. The van der Waals surface area contributed by atoms with Gasteiger partial charge in [0.15, 0.2) is 11.4 Å². The molecule has 1 amide bonds. The number of likely N-dealkylation sites (tertiary alicyclic amines) is 1. The number of nitrogens with zero attached hydrogens (tertiary/aromatic N) is 7. The summed E-state index contributed by atoms with van der Waals surface area (Å²) < 4.78 is 3.34. The first-order valence-electron chi connectivity index (χ1n) is 10.2. The molecule has 1 fully saturated rings. The molecule has 5 rings (SSSR count). The van der Waals surface area contributed by atoms with Gasteiger partial charge < -0.3 is 15.3 Å². The van der Waals surface area contributed by atoms with Gasteiger partial charge in [-0.1, -0.05) is 18.2 Å². The number of rotatable bonds is 5. The van der Waals surface area contributed by atoms with Crippen LogP contribution in [0, 0.1) is 0 Å². The Hall–Kier alpha value is -4.05. The van der Waals surface area contributed by atoms with E-state index in [2.05, 4.69) is 25.5 Å². The number of carbonyl (C=O) groups is 1. The van der Waals surface area contributed by atoms with E-state index in [1.54, 1.807) is 52.0 Å². The van der Waals surface area contributed by atoms with Gasteiger partial charge in [-0.05, 0) is 17.7 Å². The van der Waals surface area contributed by atoms with Gasteiger partial charge in [-0.15, -0.1) is 0 Å². The first-order valence-corrected chi connectivity index (χ1v) is 10.2. The summed E-state index contributed by atoms with van der Waals surface area (Å²) in [4.78, 5) is 22.8. The molecule has 162 valence electrons. The van der Waals surface area contributed by atoms with Crippen molar-refractivity contribution >= 4 is 17.5 Å². The molecule has 2 N–H and O–H groups in total. The molecule has 0 aliphatic carbocycles. The number of benzene rings is 1. The lowest BCUT2D eigenvalue weighted by Gasteiger charge is -2.21. The van der Waals surface area contributed by atoms with Gasteiger partial charge in [-0.3, -0.25) is 9.48 Å². The number of nitrogens with one attached hydrogen (secondary N) is 1. The summed E-state index contributed by atoms with van der Waals surface area (Å²) >= 11 is 0. The van der Waals surface area contributed by atoms with E-state index in [0.29, 0.717) is 36.0 Å². The lowest BCUT2D eigenvalue weighted by molar-refractivity contribution is -0.143. The zero-order valence-corrected chi connectivity index (χ0v) is 17.7. The summed E-state index contributed by atoms with van der Waals surface area (Å²) in [6, 6.07) is 10.9. The van der Waals surface area contributed by atoms with Crippen LogP contribution >= 0.6 is 0 Å². The van der Waals surface area contributed by atoms with Crippen LogP contribution in [0.2, 0.25) is 0 Å². The molecule has 1 atom stereocenters. The van der Waals surface area contributed by atoms with Gasteiger partial charge in [0.25, 0.3) is 5.91 Å². The van der Waals surface area contributed by atoms with E-state index in [-0.39, 0.29) is 5.91 Å². The number of aliphatic hydroxyl groups is 1. The van der Waals surface area contributed by atoms with E-state index in [4.69, 9.17) is 0 Å². The van der Waals surface area contributed by atoms with Gasteiger partial charge in [-0.2, -0.15) is 15.2 Å². The Morgan fingerprint density at radius 3 is 2.81 bits per heavy atom. The lowest BCUT2D eigenvalue weighted by atomic mass is 9.90. The Bertz CT molecular complexity index is 1300. The maximum absolute atomic E-state index is 12.5. The fourth-order valence-corrected chi connectivity index (χ4v) is 3.81. The van der Waals surface area contributed by atoms with Gasteiger partial charge in [0, 0.05) is 57.3 Å². The average Bonchev–Trinajstić information content (AvgIpc) is 3.52. The zero-order valence-electron chi connectivity index (χ0n) is 17.7. The van der Waals surface area contributed by atoms with E-state index >= 15 is 0 Å². The van der Waals surface area contributed by atoms with Gasteiger partial charge >= 0.3 is 0 Å². The van der Waals surface area contributed by atoms with Gasteiger partial charge in [0.05, 0.1) is 17.6 Å². The summed E-state index contributed by atoms with van der Waals surface area (Å²) in [5.41, 5.74) is 1.37.